The van der Waals surface area contributed by atoms with Gasteiger partial charge in [-0.05, 0) is 0 Å². The molecule has 0 heteroatoms. The second-order valence-electron chi connectivity index (χ2n) is 2.27. The Morgan fingerprint density at radius 3 is 2.12 bits per heavy atom. The first-order valence-electron chi connectivity index (χ1n) is 4.41. The lowest BCUT2D eigenvalue weighted by atomic mass is 10.1. The maximum absolute atomic E-state index is 6.88. The van der Waals surface area contributed by atoms with Crippen LogP contribution in [0.25, 0.3) is 0 Å². The van der Waals surface area contributed by atoms with Crippen LogP contribution in [0.4, 0.5) is 0 Å². The summed E-state index contributed by atoms with van der Waals surface area (Å²) in [5.41, 5.74) is 0. The highest BCUT2D eigenvalue weighted by Crippen LogP contribution is 2.03. The number of hydrogen-bond donors (Lipinski definition) is 0. The van der Waals surface area contributed by atoms with Crippen LogP contribution in [-0.2, 0) is 0 Å². The van der Waals surface area contributed by atoms with Crippen LogP contribution in [0.3, 0.4) is 0 Å². The van der Waals surface area contributed by atoms with Gasteiger partial charge in [0.2, 0.25) is 0 Å². The average molecular weight is 115 g/mol. The van der Waals surface area contributed by atoms with Gasteiger partial charge in [0.1, 0.15) is 0 Å². The average Bonchev–Trinajstić information content (AvgIpc) is 1.89. The zero-order chi connectivity index (χ0) is 6.95. The van der Waals surface area contributed by atoms with Gasteiger partial charge in [0.25, 0.3) is 0 Å². The lowest BCUT2D eigenvalue weighted by molar-refractivity contribution is 0.624. The Labute approximate surface area is 54.7 Å². The summed E-state index contributed by atoms with van der Waals surface area (Å²) in [6, 6.07) is 0. The molecule has 0 amide bonds. The first-order chi connectivity index (χ1) is 4.41. The molecule has 0 nitrogen and oxygen atoms in total. The van der Waals surface area contributed by atoms with E-state index in [-0.39, 0.29) is 0 Å². The number of unbranched alkanes of at least 4 members (excludes halogenated alkanes) is 5. The van der Waals surface area contributed by atoms with E-state index in [2.05, 4.69) is 6.92 Å². The maximum atomic E-state index is 6.88. The van der Waals surface area contributed by atoms with Gasteiger partial charge in [-0.3, -0.25) is 0 Å². The molecule has 0 aromatic carbocycles. The van der Waals surface area contributed by atoms with Gasteiger partial charge >= 0.3 is 0 Å². The van der Waals surface area contributed by atoms with E-state index in [0.29, 0.717) is 6.90 Å². The molecule has 0 N–H and O–H groups in total. The molecule has 0 aliphatic heterocycles. The standard InChI is InChI=1S/C8H18/c1-3-5-7-8-6-4-2/h3-8H2,1-2H3/i1D. The van der Waals surface area contributed by atoms with Gasteiger partial charge < -0.3 is 0 Å². The summed E-state index contributed by atoms with van der Waals surface area (Å²) in [5, 5.41) is 0. The Morgan fingerprint density at radius 1 is 1.00 bits per heavy atom. The quantitative estimate of drug-likeness (QED) is 0.482. The first kappa shape index (κ1) is 6.12. The molecule has 0 aliphatic rings. The fraction of sp³-hybridized carbons (Fsp3) is 1.00. The Hall–Kier alpha value is 0. The van der Waals surface area contributed by atoms with Crippen molar-refractivity contribution in [2.45, 2.75) is 52.3 Å². The van der Waals surface area contributed by atoms with Crippen molar-refractivity contribution in [3.05, 3.63) is 0 Å². The minimum absolute atomic E-state index is 0.617. The van der Waals surface area contributed by atoms with Gasteiger partial charge in [0.05, 0.1) is 0 Å². The van der Waals surface area contributed by atoms with Crippen LogP contribution in [0.2, 0.25) is 0 Å². The first-order valence-corrected chi connectivity index (χ1v) is 3.71. The van der Waals surface area contributed by atoms with Crippen molar-refractivity contribution in [1.82, 2.24) is 0 Å². The van der Waals surface area contributed by atoms with Gasteiger partial charge in [-0.1, -0.05) is 52.3 Å². The predicted molar refractivity (Wildman–Crippen MR) is 39.1 cm³/mol. The Morgan fingerprint density at radius 2 is 1.62 bits per heavy atom. The van der Waals surface area contributed by atoms with E-state index in [9.17, 15) is 0 Å². The lowest BCUT2D eigenvalue weighted by Gasteiger charge is -1.93. The fourth-order valence-electron chi connectivity index (χ4n) is 0.780. The molecule has 0 radical (unpaired) electrons. The largest absolute Gasteiger partial charge is 0.0654 e. The molecule has 0 saturated carbocycles. The van der Waals surface area contributed by atoms with Crippen LogP contribution in [0.5, 0.6) is 0 Å². The number of hydrogen-bond acceptors (Lipinski definition) is 0. The molecular weight excluding hydrogens is 96.1 g/mol. The van der Waals surface area contributed by atoms with Crippen molar-refractivity contribution < 1.29 is 1.37 Å². The molecule has 0 rings (SSSR count). The van der Waals surface area contributed by atoms with Crippen LogP contribution in [-0.4, -0.2) is 0 Å². The fourth-order valence-corrected chi connectivity index (χ4v) is 0.780. The number of rotatable bonds is 5. The molecule has 0 fully saturated rings. The lowest BCUT2D eigenvalue weighted by Crippen LogP contribution is -1.73. The summed E-state index contributed by atoms with van der Waals surface area (Å²) < 4.78 is 6.88. The second-order valence-corrected chi connectivity index (χ2v) is 2.27. The van der Waals surface area contributed by atoms with Crippen LogP contribution < -0.4 is 0 Å². The third-order valence-corrected chi connectivity index (χ3v) is 1.35. The molecule has 0 aliphatic carbocycles. The van der Waals surface area contributed by atoms with Gasteiger partial charge in [0, 0.05) is 1.37 Å². The van der Waals surface area contributed by atoms with Crippen LogP contribution in [0.1, 0.15) is 53.7 Å². The summed E-state index contributed by atoms with van der Waals surface area (Å²) in [4.78, 5) is 0. The molecule has 50 valence electrons. The van der Waals surface area contributed by atoms with E-state index in [1.54, 1.807) is 0 Å². The minimum Gasteiger partial charge on any atom is -0.0654 e. The zero-order valence-corrected chi connectivity index (χ0v) is 5.95. The Balaban J connectivity index is 2.60. The van der Waals surface area contributed by atoms with Gasteiger partial charge in [0.15, 0.2) is 0 Å². The van der Waals surface area contributed by atoms with Crippen LogP contribution in [0.15, 0.2) is 0 Å². The van der Waals surface area contributed by atoms with E-state index in [0.717, 1.165) is 6.42 Å². The second kappa shape index (κ2) is 7.00. The van der Waals surface area contributed by atoms with Gasteiger partial charge in [-0.25, -0.2) is 0 Å². The van der Waals surface area contributed by atoms with E-state index >= 15 is 0 Å². The van der Waals surface area contributed by atoms with Crippen LogP contribution in [0, 0.1) is 0 Å². The minimum atomic E-state index is 0.617. The summed E-state index contributed by atoms with van der Waals surface area (Å²) in [6.45, 7) is 2.84. The summed E-state index contributed by atoms with van der Waals surface area (Å²) in [7, 11) is 0. The molecule has 0 spiro atoms. The maximum Gasteiger partial charge on any atom is 0.0230 e. The molecule has 0 heterocycles. The molecule has 0 bridgehead atoms. The molecule has 0 unspecified atom stereocenters. The summed E-state index contributed by atoms with van der Waals surface area (Å²) >= 11 is 0. The smallest absolute Gasteiger partial charge is 0.0230 e. The monoisotopic (exact) mass is 115 g/mol. The summed E-state index contributed by atoms with van der Waals surface area (Å²) in [5.74, 6) is 0. The van der Waals surface area contributed by atoms with Crippen molar-refractivity contribution in [1.29, 1.82) is 0 Å². The van der Waals surface area contributed by atoms with Crippen molar-refractivity contribution in [3.63, 3.8) is 0 Å². The Bertz CT molecular complexity index is 37.8. The van der Waals surface area contributed by atoms with Crippen molar-refractivity contribution in [2.75, 3.05) is 0 Å². The van der Waals surface area contributed by atoms with E-state index in [4.69, 9.17) is 1.37 Å². The van der Waals surface area contributed by atoms with E-state index in [1.165, 1.54) is 32.1 Å². The van der Waals surface area contributed by atoms with E-state index in [1.807, 2.05) is 0 Å². The van der Waals surface area contributed by atoms with E-state index < -0.39 is 0 Å². The topological polar surface area (TPSA) is 0 Å². The summed E-state index contributed by atoms with van der Waals surface area (Å²) in [6.07, 6.45) is 7.77. The highest BCUT2D eigenvalue weighted by Gasteiger charge is 1.83. The molecule has 8 heavy (non-hydrogen) atoms. The molecular formula is C8H18. The molecule has 0 atom stereocenters. The van der Waals surface area contributed by atoms with Gasteiger partial charge in [-0.2, -0.15) is 0 Å². The van der Waals surface area contributed by atoms with Crippen molar-refractivity contribution in [2.24, 2.45) is 0 Å². The van der Waals surface area contributed by atoms with Crippen molar-refractivity contribution in [3.8, 4) is 0 Å². The van der Waals surface area contributed by atoms with Gasteiger partial charge in [-0.15, -0.1) is 0 Å². The predicted octanol–water partition coefficient (Wildman–Crippen LogP) is 3.37. The van der Waals surface area contributed by atoms with Crippen LogP contribution >= 0.6 is 0 Å². The van der Waals surface area contributed by atoms with Crippen molar-refractivity contribution >= 4 is 0 Å². The SMILES string of the molecule is [2H]CCCCCCCC. The highest BCUT2D eigenvalue weighted by atomic mass is 13.9. The Kier molecular flexibility index (Phi) is 5.36. The third kappa shape index (κ3) is 6.00. The highest BCUT2D eigenvalue weighted by molar-refractivity contribution is 4.39. The third-order valence-electron chi connectivity index (χ3n) is 1.35. The zero-order valence-electron chi connectivity index (χ0n) is 6.95. The molecule has 0 saturated heterocycles. The molecule has 0 aromatic rings. The molecule has 0 aromatic heterocycles. The normalized spacial score (nSPS) is 11.4.